The fraction of sp³-hybridized carbons (Fsp3) is 0.357. The van der Waals surface area contributed by atoms with Gasteiger partial charge in [-0.1, -0.05) is 6.07 Å². The van der Waals surface area contributed by atoms with Crippen molar-refractivity contribution in [2.75, 3.05) is 18.8 Å². The molecule has 1 aliphatic rings. The van der Waals surface area contributed by atoms with Crippen molar-refractivity contribution in [3.8, 4) is 0 Å². The minimum Gasteiger partial charge on any atom is -0.286 e. The van der Waals surface area contributed by atoms with E-state index in [0.717, 1.165) is 16.0 Å². The van der Waals surface area contributed by atoms with E-state index in [9.17, 15) is 18.0 Å². The van der Waals surface area contributed by atoms with Gasteiger partial charge in [0.2, 0.25) is 5.25 Å². The molecule has 0 aromatic heterocycles. The number of amidine groups is 1. The number of nitrogens with one attached hydrogen (secondary N) is 2. The van der Waals surface area contributed by atoms with Crippen molar-refractivity contribution in [3.63, 3.8) is 0 Å². The van der Waals surface area contributed by atoms with Crippen LogP contribution in [0.1, 0.15) is 11.1 Å². The SMILES string of the molecule is Cc1ccc(NS(=O)(=O)C2C(=N)N(C)C(=O)N(C)C2=O)cc1C. The Morgan fingerprint density at radius 2 is 1.70 bits per heavy atom. The number of carbonyl (C=O) groups excluding carboxylic acids is 2. The van der Waals surface area contributed by atoms with E-state index in [-0.39, 0.29) is 0 Å². The zero-order chi connectivity index (χ0) is 17.5. The lowest BCUT2D eigenvalue weighted by Gasteiger charge is -2.34. The van der Waals surface area contributed by atoms with Crippen molar-refractivity contribution in [1.82, 2.24) is 9.80 Å². The summed E-state index contributed by atoms with van der Waals surface area (Å²) in [6.45, 7) is 3.73. The van der Waals surface area contributed by atoms with Crippen LogP contribution in [0, 0.1) is 19.3 Å². The van der Waals surface area contributed by atoms with Gasteiger partial charge in [0, 0.05) is 19.8 Å². The molecule has 1 heterocycles. The Morgan fingerprint density at radius 3 is 2.26 bits per heavy atom. The lowest BCUT2D eigenvalue weighted by molar-refractivity contribution is -0.126. The molecule has 1 saturated heterocycles. The summed E-state index contributed by atoms with van der Waals surface area (Å²) in [5.74, 6) is -1.52. The number of benzene rings is 1. The van der Waals surface area contributed by atoms with Gasteiger partial charge in [0.15, 0.2) is 0 Å². The highest BCUT2D eigenvalue weighted by atomic mass is 32.2. The smallest absolute Gasteiger partial charge is 0.286 e. The minimum atomic E-state index is -4.21. The van der Waals surface area contributed by atoms with E-state index < -0.39 is 33.0 Å². The van der Waals surface area contributed by atoms with E-state index in [2.05, 4.69) is 4.72 Å². The summed E-state index contributed by atoms with van der Waals surface area (Å²) < 4.78 is 27.4. The molecule has 0 spiro atoms. The van der Waals surface area contributed by atoms with Crippen molar-refractivity contribution in [2.24, 2.45) is 0 Å². The van der Waals surface area contributed by atoms with Crippen LogP contribution in [0.15, 0.2) is 18.2 Å². The Morgan fingerprint density at radius 1 is 1.09 bits per heavy atom. The molecule has 124 valence electrons. The van der Waals surface area contributed by atoms with Crippen molar-refractivity contribution >= 4 is 33.5 Å². The molecule has 0 saturated carbocycles. The third-order valence-electron chi connectivity index (χ3n) is 3.82. The third kappa shape index (κ3) is 2.91. The first-order chi connectivity index (χ1) is 10.6. The highest BCUT2D eigenvalue weighted by molar-refractivity contribution is 7.94. The Kier molecular flexibility index (Phi) is 4.16. The predicted octanol–water partition coefficient (Wildman–Crippen LogP) is 0.915. The maximum atomic E-state index is 12.5. The summed E-state index contributed by atoms with van der Waals surface area (Å²) >= 11 is 0. The van der Waals surface area contributed by atoms with Crippen LogP contribution in [0.3, 0.4) is 0 Å². The van der Waals surface area contributed by atoms with Gasteiger partial charge in [0.25, 0.3) is 15.9 Å². The number of rotatable bonds is 3. The number of urea groups is 1. The van der Waals surface area contributed by atoms with Crippen LogP contribution in [0.25, 0.3) is 0 Å². The summed E-state index contributed by atoms with van der Waals surface area (Å²) in [7, 11) is -1.77. The quantitative estimate of drug-likeness (QED) is 0.853. The summed E-state index contributed by atoms with van der Waals surface area (Å²) in [4.78, 5) is 25.4. The monoisotopic (exact) mass is 338 g/mol. The zero-order valence-corrected chi connectivity index (χ0v) is 14.1. The number of amides is 3. The molecule has 1 unspecified atom stereocenters. The largest absolute Gasteiger partial charge is 0.331 e. The lowest BCUT2D eigenvalue weighted by Crippen LogP contribution is -2.62. The maximum absolute atomic E-state index is 12.5. The first kappa shape index (κ1) is 16.9. The second kappa shape index (κ2) is 5.65. The molecule has 2 rings (SSSR count). The van der Waals surface area contributed by atoms with Gasteiger partial charge in [-0.15, -0.1) is 0 Å². The summed E-state index contributed by atoms with van der Waals surface area (Å²) in [5, 5.41) is 6.07. The van der Waals surface area contributed by atoms with E-state index in [1.54, 1.807) is 18.2 Å². The van der Waals surface area contributed by atoms with Gasteiger partial charge < -0.3 is 0 Å². The van der Waals surface area contributed by atoms with Crippen molar-refractivity contribution in [2.45, 2.75) is 19.1 Å². The van der Waals surface area contributed by atoms with Crippen LogP contribution in [0.5, 0.6) is 0 Å². The Balaban J connectivity index is 2.38. The Labute approximate surface area is 134 Å². The van der Waals surface area contributed by atoms with Crippen LogP contribution in [-0.4, -0.2) is 55.3 Å². The molecule has 1 aromatic rings. The van der Waals surface area contributed by atoms with Gasteiger partial charge in [-0.05, 0) is 37.1 Å². The van der Waals surface area contributed by atoms with Crippen molar-refractivity contribution < 1.29 is 18.0 Å². The number of hydrogen-bond donors (Lipinski definition) is 2. The zero-order valence-electron chi connectivity index (χ0n) is 13.2. The average molecular weight is 338 g/mol. The van der Waals surface area contributed by atoms with E-state index in [1.165, 1.54) is 14.1 Å². The van der Waals surface area contributed by atoms with Gasteiger partial charge in [-0.3, -0.25) is 24.7 Å². The van der Waals surface area contributed by atoms with Crippen LogP contribution in [0.2, 0.25) is 0 Å². The molecule has 1 atom stereocenters. The molecule has 1 aliphatic heterocycles. The molecule has 0 bridgehead atoms. The third-order valence-corrected chi connectivity index (χ3v) is 5.38. The van der Waals surface area contributed by atoms with E-state index in [4.69, 9.17) is 5.41 Å². The molecule has 8 nitrogen and oxygen atoms in total. The number of anilines is 1. The second-order valence-electron chi connectivity index (χ2n) is 5.45. The van der Waals surface area contributed by atoms with Crippen LogP contribution in [0.4, 0.5) is 10.5 Å². The van der Waals surface area contributed by atoms with Gasteiger partial charge in [-0.2, -0.15) is 0 Å². The number of nitrogens with zero attached hydrogens (tertiary/aromatic N) is 2. The summed E-state index contributed by atoms with van der Waals surface area (Å²) in [6.07, 6.45) is 0. The summed E-state index contributed by atoms with van der Waals surface area (Å²) in [5.41, 5.74) is 2.19. The predicted molar refractivity (Wildman–Crippen MR) is 85.9 cm³/mol. The van der Waals surface area contributed by atoms with Gasteiger partial charge >= 0.3 is 6.03 Å². The van der Waals surface area contributed by atoms with E-state index >= 15 is 0 Å². The number of sulfonamides is 1. The highest BCUT2D eigenvalue weighted by Gasteiger charge is 2.47. The van der Waals surface area contributed by atoms with E-state index in [0.29, 0.717) is 10.6 Å². The molecular weight excluding hydrogens is 320 g/mol. The van der Waals surface area contributed by atoms with Gasteiger partial charge in [0.1, 0.15) is 5.84 Å². The van der Waals surface area contributed by atoms with Gasteiger partial charge in [0.05, 0.1) is 0 Å². The molecule has 0 radical (unpaired) electrons. The van der Waals surface area contributed by atoms with Crippen molar-refractivity contribution in [1.29, 1.82) is 5.41 Å². The minimum absolute atomic E-state index is 0.302. The number of hydrogen-bond acceptors (Lipinski definition) is 5. The molecule has 1 fully saturated rings. The normalized spacial score (nSPS) is 19.3. The molecule has 9 heteroatoms. The number of aryl methyl sites for hydroxylation is 2. The molecule has 1 aromatic carbocycles. The molecule has 2 N–H and O–H groups in total. The number of imide groups is 1. The fourth-order valence-corrected chi connectivity index (χ4v) is 3.65. The molecule has 0 aliphatic carbocycles. The standard InChI is InChI=1S/C14H18N4O4S/c1-8-5-6-10(7-9(8)2)16-23(21,22)11-12(15)17(3)14(20)18(4)13(11)19/h5-7,11,15-16H,1-4H3. The van der Waals surface area contributed by atoms with Crippen molar-refractivity contribution in [3.05, 3.63) is 29.3 Å². The topological polar surface area (TPSA) is 111 Å². The molecule has 3 amide bonds. The first-order valence-corrected chi connectivity index (χ1v) is 8.33. The maximum Gasteiger partial charge on any atom is 0.331 e. The van der Waals surface area contributed by atoms with Crippen LogP contribution in [-0.2, 0) is 14.8 Å². The highest BCUT2D eigenvalue weighted by Crippen LogP contribution is 2.21. The Bertz CT molecular complexity index is 779. The lowest BCUT2D eigenvalue weighted by atomic mass is 10.1. The first-order valence-electron chi connectivity index (χ1n) is 6.79. The second-order valence-corrected chi connectivity index (χ2v) is 7.22. The van der Waals surface area contributed by atoms with Crippen LogP contribution >= 0.6 is 0 Å². The summed E-state index contributed by atoms with van der Waals surface area (Å²) in [6, 6.07) is 4.23. The van der Waals surface area contributed by atoms with Gasteiger partial charge in [-0.25, -0.2) is 13.2 Å². The number of carbonyl (C=O) groups is 2. The van der Waals surface area contributed by atoms with Crippen LogP contribution < -0.4 is 4.72 Å². The Hall–Kier alpha value is -2.42. The average Bonchev–Trinajstić information content (AvgIpc) is 2.46. The molecular formula is C14H18N4O4S. The fourth-order valence-electron chi connectivity index (χ4n) is 2.20. The van der Waals surface area contributed by atoms with E-state index in [1.807, 2.05) is 13.8 Å². The molecule has 23 heavy (non-hydrogen) atoms.